The predicted molar refractivity (Wildman–Crippen MR) is 83.2 cm³/mol. The van der Waals surface area contributed by atoms with Crippen LogP contribution in [0.2, 0.25) is 15.1 Å². The van der Waals surface area contributed by atoms with E-state index >= 15 is 0 Å². The maximum Gasteiger partial charge on any atom is 0.156 e. The van der Waals surface area contributed by atoms with Gasteiger partial charge >= 0.3 is 0 Å². The van der Waals surface area contributed by atoms with Gasteiger partial charge in [0, 0.05) is 23.8 Å². The van der Waals surface area contributed by atoms with Crippen molar-refractivity contribution in [2.45, 2.75) is 26.3 Å². The minimum atomic E-state index is 0.418. The van der Waals surface area contributed by atoms with Gasteiger partial charge < -0.3 is 9.30 Å². The number of benzene rings is 1. The average molecular weight is 334 g/mol. The molecule has 0 aliphatic carbocycles. The fourth-order valence-corrected chi connectivity index (χ4v) is 2.83. The highest BCUT2D eigenvalue weighted by Crippen LogP contribution is 2.35. The summed E-state index contributed by atoms with van der Waals surface area (Å²) in [6, 6.07) is 3.23. The zero-order chi connectivity index (χ0) is 14.5. The molecule has 1 aromatic heterocycles. The van der Waals surface area contributed by atoms with Crippen molar-refractivity contribution in [2.24, 2.45) is 0 Å². The number of halogens is 3. The van der Waals surface area contributed by atoms with E-state index < -0.39 is 0 Å². The number of imidazole rings is 1. The predicted octanol–water partition coefficient (Wildman–Crippen LogP) is 4.87. The molecule has 1 aromatic carbocycles. The van der Waals surface area contributed by atoms with Gasteiger partial charge in [0.2, 0.25) is 0 Å². The van der Waals surface area contributed by atoms with E-state index in [2.05, 4.69) is 16.5 Å². The molecule has 0 bridgehead atoms. The topological polar surface area (TPSA) is 27.1 Å². The van der Waals surface area contributed by atoms with Gasteiger partial charge in [0.25, 0.3) is 0 Å². The van der Waals surface area contributed by atoms with Crippen LogP contribution in [-0.4, -0.2) is 16.2 Å². The van der Waals surface area contributed by atoms with Crippen LogP contribution in [0.4, 0.5) is 0 Å². The third kappa shape index (κ3) is 3.81. The molecule has 0 saturated carbocycles. The second kappa shape index (κ2) is 7.21. The molecule has 0 unspecified atom stereocenters. The number of rotatable bonds is 6. The molecule has 1 heterocycles. The maximum absolute atomic E-state index is 6.06. The second-order valence-electron chi connectivity index (χ2n) is 4.33. The molecule has 0 N–H and O–H groups in total. The molecule has 0 saturated heterocycles. The molecule has 6 heteroatoms. The first-order chi connectivity index (χ1) is 9.61. The maximum atomic E-state index is 6.06. The van der Waals surface area contributed by atoms with Gasteiger partial charge in [-0.15, -0.1) is 0 Å². The molecular weight excluding hydrogens is 319 g/mol. The van der Waals surface area contributed by atoms with Crippen LogP contribution in [0.25, 0.3) is 0 Å². The lowest BCUT2D eigenvalue weighted by Crippen LogP contribution is -2.10. The Labute approximate surface area is 133 Å². The summed E-state index contributed by atoms with van der Waals surface area (Å²) < 4.78 is 7.73. The standard InChI is InChI=1S/C14H15Cl3N2O/c1-2-3-13-18-4-5-19(13)6-7-20-14-11(16)8-10(15)9-12(14)17/h4-5,8-9H,2-3,6-7H2,1H3. The Bertz CT molecular complexity index is 561. The van der Waals surface area contributed by atoms with E-state index in [1.165, 1.54) is 0 Å². The van der Waals surface area contributed by atoms with Crippen molar-refractivity contribution in [1.82, 2.24) is 9.55 Å². The van der Waals surface area contributed by atoms with Gasteiger partial charge in [-0.05, 0) is 18.6 Å². The summed E-state index contributed by atoms with van der Waals surface area (Å²) in [6.07, 6.45) is 5.76. The van der Waals surface area contributed by atoms with Crippen molar-refractivity contribution in [3.05, 3.63) is 45.4 Å². The molecular formula is C14H15Cl3N2O. The van der Waals surface area contributed by atoms with E-state index in [0.717, 1.165) is 18.7 Å². The SMILES string of the molecule is CCCc1nccn1CCOc1c(Cl)cc(Cl)cc1Cl. The van der Waals surface area contributed by atoms with Crippen LogP contribution in [0.5, 0.6) is 5.75 Å². The zero-order valence-electron chi connectivity index (χ0n) is 11.1. The fraction of sp³-hybridized carbons (Fsp3) is 0.357. The molecule has 0 atom stereocenters. The largest absolute Gasteiger partial charge is 0.489 e. The third-order valence-electron chi connectivity index (χ3n) is 2.82. The third-order valence-corrected chi connectivity index (χ3v) is 3.60. The number of hydrogen-bond acceptors (Lipinski definition) is 2. The van der Waals surface area contributed by atoms with Crippen molar-refractivity contribution in [3.8, 4) is 5.75 Å². The summed E-state index contributed by atoms with van der Waals surface area (Å²) in [7, 11) is 0. The fourth-order valence-electron chi connectivity index (χ4n) is 1.91. The summed E-state index contributed by atoms with van der Waals surface area (Å²) in [4.78, 5) is 4.32. The lowest BCUT2D eigenvalue weighted by molar-refractivity contribution is 0.296. The molecule has 20 heavy (non-hydrogen) atoms. The highest BCUT2D eigenvalue weighted by Gasteiger charge is 2.09. The Hall–Kier alpha value is -0.900. The molecule has 108 valence electrons. The number of aromatic nitrogens is 2. The Morgan fingerprint density at radius 2 is 1.90 bits per heavy atom. The van der Waals surface area contributed by atoms with Crippen LogP contribution in [0.15, 0.2) is 24.5 Å². The Morgan fingerprint density at radius 1 is 1.20 bits per heavy atom. The number of nitrogens with zero attached hydrogens (tertiary/aromatic N) is 2. The monoisotopic (exact) mass is 332 g/mol. The van der Waals surface area contributed by atoms with E-state index in [1.54, 1.807) is 18.3 Å². The molecule has 3 nitrogen and oxygen atoms in total. The van der Waals surface area contributed by atoms with Crippen molar-refractivity contribution in [3.63, 3.8) is 0 Å². The first kappa shape index (κ1) is 15.5. The van der Waals surface area contributed by atoms with E-state index in [4.69, 9.17) is 39.5 Å². The van der Waals surface area contributed by atoms with Crippen molar-refractivity contribution in [1.29, 1.82) is 0 Å². The van der Waals surface area contributed by atoms with Gasteiger partial charge in [-0.2, -0.15) is 0 Å². The molecule has 2 aromatic rings. The van der Waals surface area contributed by atoms with Crippen LogP contribution in [0.3, 0.4) is 0 Å². The van der Waals surface area contributed by atoms with Crippen LogP contribution in [0, 0.1) is 0 Å². The van der Waals surface area contributed by atoms with E-state index in [9.17, 15) is 0 Å². The van der Waals surface area contributed by atoms with Gasteiger partial charge in [0.05, 0.1) is 16.6 Å². The highest BCUT2D eigenvalue weighted by atomic mass is 35.5. The Balaban J connectivity index is 1.98. The van der Waals surface area contributed by atoms with Gasteiger partial charge in [-0.1, -0.05) is 41.7 Å². The molecule has 2 rings (SSSR count). The highest BCUT2D eigenvalue weighted by molar-refractivity contribution is 6.40. The first-order valence-corrected chi connectivity index (χ1v) is 7.52. The van der Waals surface area contributed by atoms with E-state index in [-0.39, 0.29) is 0 Å². The van der Waals surface area contributed by atoms with Gasteiger partial charge in [-0.3, -0.25) is 0 Å². The van der Waals surface area contributed by atoms with Gasteiger partial charge in [-0.25, -0.2) is 4.98 Å². The van der Waals surface area contributed by atoms with Crippen molar-refractivity contribution >= 4 is 34.8 Å². The average Bonchev–Trinajstić information content (AvgIpc) is 2.80. The zero-order valence-corrected chi connectivity index (χ0v) is 13.3. The molecule has 0 fully saturated rings. The van der Waals surface area contributed by atoms with Crippen LogP contribution in [0.1, 0.15) is 19.2 Å². The second-order valence-corrected chi connectivity index (χ2v) is 5.58. The van der Waals surface area contributed by atoms with Crippen LogP contribution in [-0.2, 0) is 13.0 Å². The quantitative estimate of drug-likeness (QED) is 0.753. The minimum absolute atomic E-state index is 0.418. The summed E-state index contributed by atoms with van der Waals surface area (Å²) in [5.74, 6) is 1.53. The summed E-state index contributed by atoms with van der Waals surface area (Å²) >= 11 is 18.0. The number of aryl methyl sites for hydroxylation is 1. The molecule has 0 radical (unpaired) electrons. The van der Waals surface area contributed by atoms with Crippen LogP contribution < -0.4 is 4.74 Å². The lowest BCUT2D eigenvalue weighted by atomic mass is 10.3. The molecule has 0 aliphatic heterocycles. The van der Waals surface area contributed by atoms with Gasteiger partial charge in [0.15, 0.2) is 5.75 Å². The molecule has 0 amide bonds. The van der Waals surface area contributed by atoms with Gasteiger partial charge in [0.1, 0.15) is 12.4 Å². The van der Waals surface area contributed by atoms with Crippen LogP contribution >= 0.6 is 34.8 Å². The van der Waals surface area contributed by atoms with E-state index in [0.29, 0.717) is 34.0 Å². The molecule has 0 spiro atoms. The minimum Gasteiger partial charge on any atom is -0.489 e. The van der Waals surface area contributed by atoms with Crippen molar-refractivity contribution in [2.75, 3.05) is 6.61 Å². The summed E-state index contributed by atoms with van der Waals surface area (Å²) in [6.45, 7) is 3.29. The normalized spacial score (nSPS) is 10.8. The first-order valence-electron chi connectivity index (χ1n) is 6.39. The molecule has 0 aliphatic rings. The van der Waals surface area contributed by atoms with Crippen molar-refractivity contribution < 1.29 is 4.74 Å². The number of hydrogen-bond donors (Lipinski definition) is 0. The summed E-state index contributed by atoms with van der Waals surface area (Å²) in [5, 5.41) is 1.33. The Morgan fingerprint density at radius 3 is 2.55 bits per heavy atom. The summed E-state index contributed by atoms with van der Waals surface area (Å²) in [5.41, 5.74) is 0. The lowest BCUT2D eigenvalue weighted by Gasteiger charge is -2.12. The number of ether oxygens (including phenoxy) is 1. The van der Waals surface area contributed by atoms with E-state index in [1.807, 2.05) is 6.20 Å². The smallest absolute Gasteiger partial charge is 0.156 e. The Kier molecular flexibility index (Phi) is 5.58.